The summed E-state index contributed by atoms with van der Waals surface area (Å²) in [6.07, 6.45) is 9.77. The molecular weight excluding hydrogens is 501 g/mol. The Bertz CT molecular complexity index is 804. The van der Waals surface area contributed by atoms with Gasteiger partial charge in [-0.3, -0.25) is 4.79 Å². The van der Waals surface area contributed by atoms with Crippen molar-refractivity contribution >= 4 is 22.2 Å². The number of carbonyl (C=O) groups excluding carboxylic acids is 1. The zero-order valence-electron chi connectivity index (χ0n) is 27.5. The zero-order chi connectivity index (χ0) is 29.5. The van der Waals surface area contributed by atoms with Crippen LogP contribution in [0.2, 0.25) is 34.8 Å². The molecule has 0 aromatic rings. The van der Waals surface area contributed by atoms with Crippen LogP contribution in [0, 0.1) is 23.3 Å². The van der Waals surface area contributed by atoms with Crippen molar-refractivity contribution in [1.82, 2.24) is 0 Å². The molecule has 0 radical (unpaired) electrons. The van der Waals surface area contributed by atoms with Gasteiger partial charge in [0.15, 0.2) is 8.32 Å². The van der Waals surface area contributed by atoms with Gasteiger partial charge in [-0.1, -0.05) is 94.2 Å². The lowest BCUT2D eigenvalue weighted by molar-refractivity contribution is -0.123. The second kappa shape index (κ2) is 14.8. The molecule has 3 nitrogen and oxygen atoms in total. The number of allylic oxidation sites excluding steroid dienone is 1. The van der Waals surface area contributed by atoms with Gasteiger partial charge >= 0.3 is 0 Å². The average molecular weight is 563 g/mol. The van der Waals surface area contributed by atoms with Gasteiger partial charge in [-0.25, -0.2) is 0 Å². The Labute approximate surface area is 239 Å². The van der Waals surface area contributed by atoms with Crippen molar-refractivity contribution in [3.63, 3.8) is 0 Å². The Morgan fingerprint density at radius 3 is 1.95 bits per heavy atom. The molecule has 1 fully saturated rings. The van der Waals surface area contributed by atoms with Crippen LogP contribution in [0.4, 0.5) is 0 Å². The molecule has 0 amide bonds. The third-order valence-corrected chi connectivity index (χ3v) is 20.1. The molecule has 220 valence electrons. The van der Waals surface area contributed by atoms with Crippen molar-refractivity contribution in [2.24, 2.45) is 11.8 Å². The molecule has 1 heterocycles. The third-order valence-electron chi connectivity index (χ3n) is 9.33. The molecule has 0 aliphatic carbocycles. The number of rotatable bonds is 12. The van der Waals surface area contributed by atoms with Gasteiger partial charge in [-0.05, 0) is 73.3 Å². The number of Topliss-reactive ketones (excluding diaryl/α,β-unsaturated/α-hetero) is 1. The molecule has 5 heteroatoms. The minimum Gasteiger partial charge on any atom is -0.403 e. The molecule has 0 aromatic heterocycles. The largest absolute Gasteiger partial charge is 0.403 e. The molecular formula is C33H62O3Si2. The lowest BCUT2D eigenvalue weighted by Crippen LogP contribution is -2.46. The summed E-state index contributed by atoms with van der Waals surface area (Å²) in [7, 11) is -3.83. The Balaban J connectivity index is 3.17. The van der Waals surface area contributed by atoms with E-state index >= 15 is 0 Å². The van der Waals surface area contributed by atoms with Crippen LogP contribution in [0.1, 0.15) is 115 Å². The molecule has 0 unspecified atom stereocenters. The fourth-order valence-corrected chi connectivity index (χ4v) is 12.5. The molecule has 38 heavy (non-hydrogen) atoms. The molecule has 0 bridgehead atoms. The van der Waals surface area contributed by atoms with Crippen molar-refractivity contribution < 1.29 is 14.0 Å². The maximum absolute atomic E-state index is 11.6. The predicted molar refractivity (Wildman–Crippen MR) is 171 cm³/mol. The van der Waals surface area contributed by atoms with Crippen LogP contribution in [-0.4, -0.2) is 40.5 Å². The first-order chi connectivity index (χ1) is 17.3. The average Bonchev–Trinajstić information content (AvgIpc) is 2.75. The fraction of sp³-hybridized carbons (Fsp3) is 0.848. The van der Waals surface area contributed by atoms with Crippen molar-refractivity contribution in [2.45, 2.75) is 168 Å². The Hall–Kier alpha value is -0.676. The van der Waals surface area contributed by atoms with Gasteiger partial charge in [0.2, 0.25) is 0 Å². The van der Waals surface area contributed by atoms with Gasteiger partial charge in [-0.15, -0.1) is 5.54 Å². The standard InChI is InChI=1S/C33H62O3Si2/c1-24(2)38(25(3)4,26(5)6)21-20-32(36-37(13,14)33(10,11)12)28(8)19-18-27(7)22-30-16-15-17-31(35-30)23-29(9)34/h18-19,24-28,30-32H,15-17,22-23H2,1-14H3/b19-18+/t27-,28+,30-,31+,32+/m1/s1. The quantitative estimate of drug-likeness (QED) is 0.135. The highest BCUT2D eigenvalue weighted by Gasteiger charge is 2.43. The summed E-state index contributed by atoms with van der Waals surface area (Å²) in [6, 6.07) is 0. The molecule has 1 rings (SSSR count). The normalized spacial score (nSPS) is 22.0. The van der Waals surface area contributed by atoms with Crippen LogP contribution < -0.4 is 0 Å². The smallest absolute Gasteiger partial charge is 0.193 e. The highest BCUT2D eigenvalue weighted by molar-refractivity contribution is 6.90. The molecule has 0 N–H and O–H groups in total. The summed E-state index contributed by atoms with van der Waals surface area (Å²) in [6.45, 7) is 32.1. The van der Waals surface area contributed by atoms with E-state index in [0.717, 1.165) is 25.7 Å². The van der Waals surface area contributed by atoms with Crippen molar-refractivity contribution in [1.29, 1.82) is 0 Å². The van der Waals surface area contributed by atoms with Crippen LogP contribution in [0.5, 0.6) is 0 Å². The fourth-order valence-electron chi connectivity index (χ4n) is 5.98. The van der Waals surface area contributed by atoms with Gasteiger partial charge in [0.25, 0.3) is 0 Å². The maximum atomic E-state index is 11.6. The van der Waals surface area contributed by atoms with E-state index in [2.05, 4.69) is 113 Å². The molecule has 1 saturated heterocycles. The maximum Gasteiger partial charge on any atom is 0.193 e. The number of ketones is 1. The van der Waals surface area contributed by atoms with Crippen molar-refractivity contribution in [3.8, 4) is 11.5 Å². The Morgan fingerprint density at radius 2 is 1.47 bits per heavy atom. The minimum absolute atomic E-state index is 0.0895. The molecule has 0 aromatic carbocycles. The van der Waals surface area contributed by atoms with Crippen LogP contribution >= 0.6 is 0 Å². The van der Waals surface area contributed by atoms with E-state index in [0.29, 0.717) is 29.0 Å². The highest BCUT2D eigenvalue weighted by Crippen LogP contribution is 2.41. The number of hydrogen-bond acceptors (Lipinski definition) is 3. The molecule has 1 aliphatic rings. The first-order valence-corrected chi connectivity index (χ1v) is 20.5. The predicted octanol–water partition coefficient (Wildman–Crippen LogP) is 9.73. The van der Waals surface area contributed by atoms with Gasteiger partial charge < -0.3 is 9.16 Å². The summed E-state index contributed by atoms with van der Waals surface area (Å²) in [4.78, 5) is 11.6. The Kier molecular flexibility index (Phi) is 13.8. The first kappa shape index (κ1) is 35.4. The van der Waals surface area contributed by atoms with Crippen LogP contribution in [0.15, 0.2) is 12.2 Å². The topological polar surface area (TPSA) is 35.5 Å². The summed E-state index contributed by atoms with van der Waals surface area (Å²) in [5.74, 6) is 4.64. The molecule has 5 atom stereocenters. The summed E-state index contributed by atoms with van der Waals surface area (Å²) < 4.78 is 13.3. The van der Waals surface area contributed by atoms with Crippen LogP contribution in [0.3, 0.4) is 0 Å². The number of hydrogen-bond donors (Lipinski definition) is 0. The summed E-state index contributed by atoms with van der Waals surface area (Å²) in [5, 5.41) is 0.140. The van der Waals surface area contributed by atoms with Crippen molar-refractivity contribution in [3.05, 3.63) is 12.2 Å². The van der Waals surface area contributed by atoms with Gasteiger partial charge in [0.1, 0.15) is 20.0 Å². The van der Waals surface area contributed by atoms with Crippen molar-refractivity contribution in [2.75, 3.05) is 0 Å². The third kappa shape index (κ3) is 10.1. The second-order valence-corrected chi connectivity index (χ2v) is 25.0. The first-order valence-electron chi connectivity index (χ1n) is 15.4. The SMILES string of the molecule is CC(=O)C[C@@H]1CCC[C@H](C[C@H](C)/C=C/[C@H](C)[C@H](C#C[Si](C(C)C)(C(C)C)C(C)C)O[Si](C)(C)C(C)(C)C)O1. The summed E-state index contributed by atoms with van der Waals surface area (Å²) in [5.41, 5.74) is 5.79. The monoisotopic (exact) mass is 562 g/mol. The van der Waals surface area contributed by atoms with E-state index in [9.17, 15) is 4.79 Å². The minimum atomic E-state index is -1.99. The zero-order valence-corrected chi connectivity index (χ0v) is 29.5. The van der Waals surface area contributed by atoms with E-state index in [-0.39, 0.29) is 35.1 Å². The number of carbonyl (C=O) groups is 1. The van der Waals surface area contributed by atoms with Gasteiger partial charge in [-0.2, -0.15) is 0 Å². The van der Waals surface area contributed by atoms with E-state index in [4.69, 9.17) is 9.16 Å². The highest BCUT2D eigenvalue weighted by atomic mass is 28.4. The second-order valence-electron chi connectivity index (χ2n) is 14.6. The van der Waals surface area contributed by atoms with E-state index < -0.39 is 16.4 Å². The molecule has 0 spiro atoms. The number of ether oxygens (including phenoxy) is 1. The molecule has 1 aliphatic heterocycles. The van der Waals surface area contributed by atoms with Crippen LogP contribution in [0.25, 0.3) is 0 Å². The Morgan fingerprint density at radius 1 is 0.947 bits per heavy atom. The van der Waals surface area contributed by atoms with Gasteiger partial charge in [0, 0.05) is 12.3 Å². The van der Waals surface area contributed by atoms with Gasteiger partial charge in [0.05, 0.1) is 12.2 Å². The lowest BCUT2D eigenvalue weighted by Gasteiger charge is -2.40. The summed E-state index contributed by atoms with van der Waals surface area (Å²) >= 11 is 0. The van der Waals surface area contributed by atoms with E-state index in [1.54, 1.807) is 6.92 Å². The van der Waals surface area contributed by atoms with Crippen LogP contribution in [-0.2, 0) is 14.0 Å². The lowest BCUT2D eigenvalue weighted by atomic mass is 9.93. The molecule has 0 saturated carbocycles. The van der Waals surface area contributed by atoms with E-state index in [1.165, 1.54) is 0 Å². The van der Waals surface area contributed by atoms with E-state index in [1.807, 2.05) is 0 Å².